The van der Waals surface area contributed by atoms with E-state index < -0.39 is 201 Å². The van der Waals surface area contributed by atoms with E-state index in [1.165, 1.54) is 44.7 Å². The zero-order valence-corrected chi connectivity index (χ0v) is 51.6. The van der Waals surface area contributed by atoms with Crippen LogP contribution in [0.4, 0.5) is 0 Å². The van der Waals surface area contributed by atoms with E-state index in [4.69, 9.17) is 38.3 Å². The first-order chi connectivity index (χ1) is 42.8. The van der Waals surface area contributed by atoms with Crippen molar-refractivity contribution in [1.82, 2.24) is 47.9 Å². The largest absolute Gasteiger partial charge is 0.494 e. The van der Waals surface area contributed by atoms with E-state index in [0.29, 0.717) is 12.4 Å². The average molecular weight is 1300 g/mol. The molecule has 21 N–H and O–H groups in total. The maximum absolute atomic E-state index is 14.3. The Labute approximate surface area is 526 Å². The number of carboxylic acids is 2. The van der Waals surface area contributed by atoms with Crippen molar-refractivity contribution in [3.8, 4) is 5.75 Å². The number of carbonyl (C=O) groups is 12. The Kier molecular flexibility index (Phi) is 37.0. The quantitative estimate of drug-likeness (QED) is 0.0152. The van der Waals surface area contributed by atoms with Crippen molar-refractivity contribution < 1.29 is 97.6 Å². The number of carbonyl (C=O) groups excluding carboxylic acids is 10. The van der Waals surface area contributed by atoms with E-state index in [2.05, 4.69) is 49.5 Å². The molecule has 0 aliphatic carbocycles. The predicted octanol–water partition coefficient (Wildman–Crippen LogP) is -3.80. The van der Waals surface area contributed by atoms with Gasteiger partial charge >= 0.3 is 17.9 Å². The highest BCUT2D eigenvalue weighted by Gasteiger charge is 2.40. The van der Waals surface area contributed by atoms with E-state index in [9.17, 15) is 88.2 Å². The fourth-order valence-electron chi connectivity index (χ4n) is 8.93. The lowest BCUT2D eigenvalue weighted by atomic mass is 10.0. The number of nitrogens with one attached hydrogen (secondary N) is 9. The van der Waals surface area contributed by atoms with Crippen LogP contribution >= 0.6 is 11.6 Å². The number of ether oxygens (including phenoxy) is 2. The molecule has 1 aliphatic heterocycles. The zero-order valence-electron chi connectivity index (χ0n) is 50.9. The molecule has 1 aromatic carbocycles. The van der Waals surface area contributed by atoms with Crippen molar-refractivity contribution in [1.29, 1.82) is 0 Å². The maximum Gasteiger partial charge on any atom is 0.335 e. The van der Waals surface area contributed by atoms with E-state index in [-0.39, 0.29) is 31.4 Å². The van der Waals surface area contributed by atoms with Crippen molar-refractivity contribution in [2.24, 2.45) is 17.2 Å². The van der Waals surface area contributed by atoms with Gasteiger partial charge in [-0.25, -0.2) is 9.59 Å². The molecular formula is C57H91ClN12O20. The van der Waals surface area contributed by atoms with Crippen LogP contribution in [0.5, 0.6) is 5.75 Å². The first kappa shape index (κ1) is 78.5. The van der Waals surface area contributed by atoms with E-state index in [0.717, 1.165) is 45.1 Å². The third-order valence-electron chi connectivity index (χ3n) is 14.0. The number of unbranched alkanes of at least 4 members (excludes halogenated alkanes) is 9. The summed E-state index contributed by atoms with van der Waals surface area (Å²) in [6, 6.07) is -9.95. The molecule has 9 amide bonds. The van der Waals surface area contributed by atoms with Crippen molar-refractivity contribution >= 4 is 82.7 Å². The normalized spacial score (nSPS) is 23.5. The fourth-order valence-corrected chi connectivity index (χ4v) is 9.11. The molecular weight excluding hydrogens is 1210 g/mol. The number of hydrogen-bond acceptors (Lipinski definition) is 21. The number of amides is 9. The molecule has 6 unspecified atom stereocenters. The SMILES string of the molecule is C/C=C1/NC(=O)C([C@H](C)O)NC(=O)[C@H](CCN)NC(=O)C([C@H](O)C(=O)O)NC(=O)C(CCCCN)NC(=O)[C@H](CC(=O)O)NC(=O)C(CCN)NC(=O)C(NC(=O)C[C@H](O)c2cccc(OCCCCCCCCCCC)c2)COC(=O)C([C@H](O)CCl)NC1=O. The van der Waals surface area contributed by atoms with Gasteiger partial charge in [-0.2, -0.15) is 0 Å². The monoisotopic (exact) mass is 1300 g/mol. The van der Waals surface area contributed by atoms with Gasteiger partial charge in [-0.1, -0.05) is 76.5 Å². The number of rotatable bonds is 30. The van der Waals surface area contributed by atoms with Crippen molar-refractivity contribution in [3.63, 3.8) is 0 Å². The molecule has 0 radical (unpaired) electrons. The van der Waals surface area contributed by atoms with Crippen LogP contribution in [0.3, 0.4) is 0 Å². The lowest BCUT2D eigenvalue weighted by molar-refractivity contribution is -0.153. The number of nitrogens with two attached hydrogens (primary N) is 3. The Bertz CT molecular complexity index is 2580. The minimum atomic E-state index is -2.78. The molecule has 32 nitrogen and oxygen atoms in total. The lowest BCUT2D eigenvalue weighted by Crippen LogP contribution is -2.63. The van der Waals surface area contributed by atoms with Crippen LogP contribution in [0.2, 0.25) is 0 Å². The molecule has 506 valence electrons. The maximum atomic E-state index is 14.3. The summed E-state index contributed by atoms with van der Waals surface area (Å²) in [6.45, 7) is 2.89. The lowest BCUT2D eigenvalue weighted by Gasteiger charge is -2.29. The standard InChI is InChI=1S/C57H91ClN12O20/c1-4-6-7-8-9-10-11-12-15-25-89-33-18-16-17-32(26-33)40(72)28-42(74)62-39-30-90-57(88)45(41(73)29-58)69-48(78)34(5-2)63-54(84)44(31(3)71)68-51(81)37(21-24-61)66-55(85)46(47(77)56(86)87)70-50(80)35(19-13-14-22-59)64-52(82)38(27-43(75)76)67-49(79)36(20-23-60)65-53(39)83/h5,16-18,26,31,35-41,44-47,71-73,77H,4,6-15,19-25,27-30,59-61H2,1-3H3,(H,62,74)(H,63,84)(H,64,82)(H,65,83)(H,66,85)(H,67,79)(H,68,81)(H,69,78)(H,70,80)(H,75,76)(H,86,87)/b34-5+/t31-,35?,36?,37-,38-,39?,40-,41+,44?,45?,46?,47-/m0/s1. The summed E-state index contributed by atoms with van der Waals surface area (Å²) >= 11 is 5.92. The first-order valence-electron chi connectivity index (χ1n) is 29.9. The van der Waals surface area contributed by atoms with Crippen LogP contribution in [0.15, 0.2) is 36.0 Å². The summed E-state index contributed by atoms with van der Waals surface area (Å²) in [4.78, 5) is 164. The summed E-state index contributed by atoms with van der Waals surface area (Å²) in [5, 5.41) is 82.9. The van der Waals surface area contributed by atoms with Crippen molar-refractivity contribution in [2.45, 2.75) is 196 Å². The average Bonchev–Trinajstić information content (AvgIpc) is 3.49. The predicted molar refractivity (Wildman–Crippen MR) is 322 cm³/mol. The van der Waals surface area contributed by atoms with E-state index in [1.807, 2.05) is 5.32 Å². The Hall–Kier alpha value is -7.59. The summed E-state index contributed by atoms with van der Waals surface area (Å²) < 4.78 is 11.3. The van der Waals surface area contributed by atoms with Crippen molar-refractivity contribution in [2.75, 3.05) is 38.7 Å². The molecule has 1 aromatic rings. The number of aliphatic hydroxyl groups is 4. The van der Waals surface area contributed by atoms with Crippen LogP contribution in [0, 0.1) is 0 Å². The van der Waals surface area contributed by atoms with Crippen LogP contribution < -0.4 is 69.8 Å². The molecule has 12 atom stereocenters. The first-order valence-corrected chi connectivity index (χ1v) is 30.4. The van der Waals surface area contributed by atoms with Crippen LogP contribution in [0.1, 0.15) is 135 Å². The topological polar surface area (TPSA) is 531 Å². The minimum absolute atomic E-state index is 0.0340. The molecule has 1 saturated heterocycles. The number of halogens is 1. The third kappa shape index (κ3) is 28.1. The van der Waals surface area contributed by atoms with Crippen LogP contribution in [-0.4, -0.2) is 207 Å². The van der Waals surface area contributed by atoms with Crippen LogP contribution in [0.25, 0.3) is 0 Å². The summed E-state index contributed by atoms with van der Waals surface area (Å²) in [6.07, 6.45) is -0.304. The van der Waals surface area contributed by atoms with Gasteiger partial charge in [0.25, 0.3) is 5.91 Å². The fraction of sp³-hybridized carbons (Fsp3) is 0.649. The van der Waals surface area contributed by atoms with Gasteiger partial charge in [0.2, 0.25) is 47.3 Å². The van der Waals surface area contributed by atoms with Gasteiger partial charge in [-0.3, -0.25) is 47.9 Å². The van der Waals surface area contributed by atoms with Gasteiger partial charge in [0.05, 0.1) is 43.6 Å². The number of alkyl halides is 1. The molecule has 2 rings (SSSR count). The van der Waals surface area contributed by atoms with Gasteiger partial charge < -0.3 is 105 Å². The number of esters is 1. The number of allylic oxidation sites excluding steroid dienone is 1. The Balaban J connectivity index is 2.74. The molecule has 1 heterocycles. The number of benzene rings is 1. The number of hydrogen-bond donors (Lipinski definition) is 18. The molecule has 0 aromatic heterocycles. The summed E-state index contributed by atoms with van der Waals surface area (Å²) in [5.74, 6) is -17.6. The highest BCUT2D eigenvalue weighted by molar-refractivity contribution is 6.18. The minimum Gasteiger partial charge on any atom is -0.494 e. The van der Waals surface area contributed by atoms with Gasteiger partial charge in [0, 0.05) is 0 Å². The second-order valence-electron chi connectivity index (χ2n) is 21.4. The number of aliphatic hydroxyl groups excluding tert-OH is 4. The summed E-state index contributed by atoms with van der Waals surface area (Å²) in [7, 11) is 0. The second-order valence-corrected chi connectivity index (χ2v) is 21.7. The Morgan fingerprint density at radius 2 is 1.21 bits per heavy atom. The number of aliphatic carboxylic acids is 2. The number of carboxylic acid groups (broad SMARTS) is 2. The van der Waals surface area contributed by atoms with Gasteiger partial charge in [-0.05, 0) is 89.7 Å². The summed E-state index contributed by atoms with van der Waals surface area (Å²) in [5.41, 5.74) is 16.7. The van der Waals surface area contributed by atoms with Crippen LogP contribution in [-0.2, 0) is 62.3 Å². The molecule has 0 saturated carbocycles. The second kappa shape index (κ2) is 42.4. The number of cyclic esters (lactones) is 1. The van der Waals surface area contributed by atoms with E-state index in [1.54, 1.807) is 12.1 Å². The molecule has 1 fully saturated rings. The van der Waals surface area contributed by atoms with Gasteiger partial charge in [0.1, 0.15) is 60.3 Å². The zero-order chi connectivity index (χ0) is 67.5. The highest BCUT2D eigenvalue weighted by Crippen LogP contribution is 2.23. The molecule has 1 aliphatic rings. The molecule has 0 bridgehead atoms. The molecule has 90 heavy (non-hydrogen) atoms. The molecule has 0 spiro atoms. The van der Waals surface area contributed by atoms with Crippen molar-refractivity contribution in [3.05, 3.63) is 41.6 Å². The molecule has 33 heteroatoms. The Morgan fingerprint density at radius 1 is 0.667 bits per heavy atom. The highest BCUT2D eigenvalue weighted by atomic mass is 35.5. The third-order valence-corrected chi connectivity index (χ3v) is 14.4. The smallest absolute Gasteiger partial charge is 0.335 e. The Morgan fingerprint density at radius 3 is 1.77 bits per heavy atom. The van der Waals surface area contributed by atoms with E-state index >= 15 is 0 Å². The van der Waals surface area contributed by atoms with Gasteiger partial charge in [-0.15, -0.1) is 11.6 Å². The van der Waals surface area contributed by atoms with Gasteiger partial charge in [0.15, 0.2) is 12.1 Å².